The monoisotopic (exact) mass is 565 g/mol. The van der Waals surface area contributed by atoms with E-state index in [9.17, 15) is 9.59 Å². The Labute approximate surface area is 251 Å². The minimum atomic E-state index is -0.712. The Hall–Kier alpha value is -5.03. The fraction of sp³-hybridized carbons (Fsp3) is 0.184. The van der Waals surface area contributed by atoms with Crippen LogP contribution in [0.2, 0.25) is 0 Å². The normalized spacial score (nSPS) is 17.8. The van der Waals surface area contributed by atoms with Crippen LogP contribution in [0.5, 0.6) is 11.5 Å². The van der Waals surface area contributed by atoms with Gasteiger partial charge in [0.1, 0.15) is 11.5 Å². The van der Waals surface area contributed by atoms with Gasteiger partial charge in [0.15, 0.2) is 0 Å². The van der Waals surface area contributed by atoms with Crippen molar-refractivity contribution in [3.63, 3.8) is 0 Å². The fourth-order valence-electron chi connectivity index (χ4n) is 6.73. The first-order valence-electron chi connectivity index (χ1n) is 14.5. The summed E-state index contributed by atoms with van der Waals surface area (Å²) in [6, 6.07) is 34.2. The molecule has 0 saturated carbocycles. The molecule has 5 heteroatoms. The van der Waals surface area contributed by atoms with E-state index in [1.807, 2.05) is 39.0 Å². The van der Waals surface area contributed by atoms with Gasteiger partial charge in [0.25, 0.3) is 0 Å². The summed E-state index contributed by atoms with van der Waals surface area (Å²) >= 11 is 0. The third kappa shape index (κ3) is 4.26. The van der Waals surface area contributed by atoms with Gasteiger partial charge in [-0.05, 0) is 79.3 Å². The van der Waals surface area contributed by atoms with Crippen molar-refractivity contribution in [1.29, 1.82) is 0 Å². The minimum Gasteiger partial charge on any atom is -0.426 e. The average molecular weight is 566 g/mol. The van der Waals surface area contributed by atoms with Gasteiger partial charge >= 0.3 is 11.9 Å². The zero-order valence-corrected chi connectivity index (χ0v) is 24.3. The molecule has 5 aromatic rings. The average Bonchev–Trinajstić information content (AvgIpc) is 3.02. The van der Waals surface area contributed by atoms with E-state index in [2.05, 4.69) is 65.6 Å². The molecule has 0 N–H and O–H groups in total. The molecule has 212 valence electrons. The van der Waals surface area contributed by atoms with E-state index in [1.165, 1.54) is 0 Å². The van der Waals surface area contributed by atoms with Crippen molar-refractivity contribution in [2.24, 2.45) is 5.41 Å². The van der Waals surface area contributed by atoms with Crippen LogP contribution in [0.15, 0.2) is 116 Å². The minimum absolute atomic E-state index is 0.206. The molecular formula is C38H31NO4. The first kappa shape index (κ1) is 26.8. The molecule has 0 saturated heterocycles. The smallest absolute Gasteiger partial charge is 0.343 e. The molecule has 5 nitrogen and oxygen atoms in total. The number of carbonyl (C=O) groups is 2. The van der Waals surface area contributed by atoms with E-state index in [4.69, 9.17) is 9.47 Å². The van der Waals surface area contributed by atoms with Crippen LogP contribution in [0, 0.1) is 5.41 Å². The van der Waals surface area contributed by atoms with Gasteiger partial charge in [-0.1, -0.05) is 78.9 Å². The van der Waals surface area contributed by atoms with Crippen LogP contribution in [-0.4, -0.2) is 16.9 Å². The highest BCUT2D eigenvalue weighted by atomic mass is 16.5. The number of nitrogens with zero attached hydrogens (tertiary/aromatic N) is 1. The molecule has 0 spiro atoms. The van der Waals surface area contributed by atoms with Crippen LogP contribution in [0.25, 0.3) is 0 Å². The summed E-state index contributed by atoms with van der Waals surface area (Å²) in [5.41, 5.74) is 6.51. The summed E-state index contributed by atoms with van der Waals surface area (Å²) in [4.78, 5) is 30.9. The summed E-state index contributed by atoms with van der Waals surface area (Å²) in [7, 11) is 0. The SMILES string of the molecule is CC(C)(C)C(=O)Oc1ccc(OC(=O)c2ccncc2)c2c1C1c3ccccc3C2(Cc2ccccc2)c2ccccc21. The maximum atomic E-state index is 13.5. The van der Waals surface area contributed by atoms with Crippen molar-refractivity contribution in [1.82, 2.24) is 4.98 Å². The predicted octanol–water partition coefficient (Wildman–Crippen LogP) is 7.64. The second kappa shape index (κ2) is 10.1. The van der Waals surface area contributed by atoms with Gasteiger partial charge in [-0.25, -0.2) is 4.79 Å². The summed E-state index contributed by atoms with van der Waals surface area (Å²) in [6.07, 6.45) is 3.77. The number of rotatable bonds is 5. The third-order valence-electron chi connectivity index (χ3n) is 8.59. The Bertz CT molecular complexity index is 1820. The lowest BCUT2D eigenvalue weighted by Gasteiger charge is -2.51. The quantitative estimate of drug-likeness (QED) is 0.162. The van der Waals surface area contributed by atoms with Crippen LogP contribution in [0.1, 0.15) is 76.0 Å². The van der Waals surface area contributed by atoms with Crippen molar-refractivity contribution in [3.05, 3.63) is 160 Å². The largest absolute Gasteiger partial charge is 0.426 e. The van der Waals surface area contributed by atoms with Crippen molar-refractivity contribution in [2.45, 2.75) is 38.5 Å². The molecule has 2 bridgehead atoms. The predicted molar refractivity (Wildman–Crippen MR) is 165 cm³/mol. The van der Waals surface area contributed by atoms with Crippen molar-refractivity contribution < 1.29 is 19.1 Å². The van der Waals surface area contributed by atoms with Gasteiger partial charge in [-0.3, -0.25) is 9.78 Å². The third-order valence-corrected chi connectivity index (χ3v) is 8.59. The number of pyridine rings is 1. The van der Waals surface area contributed by atoms with Crippen LogP contribution in [0.4, 0.5) is 0 Å². The number of ether oxygens (including phenoxy) is 2. The van der Waals surface area contributed by atoms with E-state index in [0.717, 1.165) is 38.9 Å². The molecule has 1 heterocycles. The number of carbonyl (C=O) groups excluding carboxylic acids is 2. The molecule has 3 aliphatic carbocycles. The van der Waals surface area contributed by atoms with E-state index in [-0.39, 0.29) is 11.9 Å². The van der Waals surface area contributed by atoms with E-state index >= 15 is 0 Å². The molecule has 0 fully saturated rings. The number of esters is 2. The first-order valence-corrected chi connectivity index (χ1v) is 14.5. The summed E-state index contributed by atoms with van der Waals surface area (Å²) in [6.45, 7) is 5.54. The van der Waals surface area contributed by atoms with E-state index in [0.29, 0.717) is 23.5 Å². The molecule has 0 amide bonds. The molecule has 43 heavy (non-hydrogen) atoms. The van der Waals surface area contributed by atoms with Crippen LogP contribution in [-0.2, 0) is 16.6 Å². The Morgan fingerprint density at radius 3 is 1.93 bits per heavy atom. The molecule has 0 aliphatic heterocycles. The maximum absolute atomic E-state index is 13.5. The summed E-state index contributed by atoms with van der Waals surface area (Å²) in [5, 5.41) is 0. The maximum Gasteiger partial charge on any atom is 0.343 e. The highest BCUT2D eigenvalue weighted by Gasteiger charge is 2.54. The van der Waals surface area contributed by atoms with Crippen LogP contribution in [0.3, 0.4) is 0 Å². The van der Waals surface area contributed by atoms with Crippen LogP contribution < -0.4 is 9.47 Å². The zero-order valence-electron chi connectivity index (χ0n) is 24.3. The second-order valence-electron chi connectivity index (χ2n) is 12.3. The molecule has 8 rings (SSSR count). The molecule has 4 aromatic carbocycles. The van der Waals surface area contributed by atoms with Gasteiger partial charge in [0, 0.05) is 29.4 Å². The zero-order chi connectivity index (χ0) is 29.8. The lowest BCUT2D eigenvalue weighted by Crippen LogP contribution is -2.44. The standard InChI is InChI=1S/C38H31NO4/c1-37(2,3)36(41)43-30-17-18-31(42-35(40)25-19-21-39-22-20-25)34-33(30)32-26-13-7-9-15-28(26)38(34,23-24-11-5-4-6-12-24)29-16-10-8-14-27(29)32/h4-22,32H,23H2,1-3H3. The Kier molecular flexibility index (Phi) is 6.28. The number of aromatic nitrogens is 1. The number of hydrogen-bond acceptors (Lipinski definition) is 5. The van der Waals surface area contributed by atoms with Gasteiger partial charge in [0.2, 0.25) is 0 Å². The Morgan fingerprint density at radius 2 is 1.30 bits per heavy atom. The first-order chi connectivity index (χ1) is 20.8. The van der Waals surface area contributed by atoms with Crippen LogP contribution >= 0.6 is 0 Å². The van der Waals surface area contributed by atoms with E-state index in [1.54, 1.807) is 36.7 Å². The van der Waals surface area contributed by atoms with Crippen molar-refractivity contribution in [2.75, 3.05) is 0 Å². The topological polar surface area (TPSA) is 65.5 Å². The molecule has 3 aliphatic rings. The molecule has 1 aromatic heterocycles. The van der Waals surface area contributed by atoms with Crippen molar-refractivity contribution >= 4 is 11.9 Å². The molecule has 0 atom stereocenters. The Morgan fingerprint density at radius 1 is 0.721 bits per heavy atom. The molecular weight excluding hydrogens is 534 g/mol. The number of hydrogen-bond donors (Lipinski definition) is 0. The van der Waals surface area contributed by atoms with E-state index < -0.39 is 16.8 Å². The highest BCUT2D eigenvalue weighted by molar-refractivity contribution is 5.92. The highest BCUT2D eigenvalue weighted by Crippen LogP contribution is 2.64. The number of benzene rings is 4. The van der Waals surface area contributed by atoms with Gasteiger partial charge in [-0.2, -0.15) is 0 Å². The van der Waals surface area contributed by atoms with Crippen molar-refractivity contribution in [3.8, 4) is 11.5 Å². The lowest BCUT2D eigenvalue weighted by molar-refractivity contribution is -0.143. The van der Waals surface area contributed by atoms with Gasteiger partial charge in [0.05, 0.1) is 16.4 Å². The van der Waals surface area contributed by atoms with Gasteiger partial charge in [-0.15, -0.1) is 0 Å². The molecule has 0 radical (unpaired) electrons. The summed E-state index contributed by atoms with van der Waals surface area (Å²) < 4.78 is 12.5. The molecule has 0 unspecified atom stereocenters. The summed E-state index contributed by atoms with van der Waals surface area (Å²) in [5.74, 6) is -0.0527. The fourth-order valence-corrected chi connectivity index (χ4v) is 6.73. The Balaban J connectivity index is 1.54. The second-order valence-corrected chi connectivity index (χ2v) is 12.3. The van der Waals surface area contributed by atoms with Gasteiger partial charge < -0.3 is 9.47 Å². The lowest BCUT2D eigenvalue weighted by atomic mass is 9.51.